The second-order valence-electron chi connectivity index (χ2n) is 6.64. The monoisotopic (exact) mass is 376 g/mol. The summed E-state index contributed by atoms with van der Waals surface area (Å²) in [5.74, 6) is -0.639. The lowest BCUT2D eigenvalue weighted by Crippen LogP contribution is -2.05. The van der Waals surface area contributed by atoms with Crippen molar-refractivity contribution in [3.05, 3.63) is 28.6 Å². The predicted octanol–water partition coefficient (Wildman–Crippen LogP) is 4.94. The van der Waals surface area contributed by atoms with E-state index in [2.05, 4.69) is 6.92 Å². The van der Waals surface area contributed by atoms with Crippen LogP contribution in [-0.2, 0) is 4.79 Å². The number of rotatable bonds is 11. The van der Waals surface area contributed by atoms with Crippen molar-refractivity contribution >= 4 is 16.9 Å². The number of carbonyl (C=O) groups is 1. The second kappa shape index (κ2) is 10.6. The summed E-state index contributed by atoms with van der Waals surface area (Å²) in [5.41, 5.74) is -0.684. The summed E-state index contributed by atoms with van der Waals surface area (Å²) in [6.45, 7) is 3.90. The first-order chi connectivity index (χ1) is 13.0. The molecule has 0 bridgehead atoms. The van der Waals surface area contributed by atoms with Gasteiger partial charge in [-0.05, 0) is 18.6 Å². The maximum atomic E-state index is 11.8. The standard InChI is InChI=1S/C21H28O6/c1-3-4-5-6-7-8-9-10-13-25-20-17-12-11-16(26-15(2)22)14-18(17)27-21(24)19(20)23/h11-12,14,23H,3-10,13H2,1-2H3. The van der Waals surface area contributed by atoms with Crippen LogP contribution < -0.4 is 15.1 Å². The third kappa shape index (κ3) is 6.31. The summed E-state index contributed by atoms with van der Waals surface area (Å²) in [6.07, 6.45) is 9.38. The van der Waals surface area contributed by atoms with Crippen molar-refractivity contribution in [3.63, 3.8) is 0 Å². The van der Waals surface area contributed by atoms with Crippen LogP contribution in [0, 0.1) is 0 Å². The molecule has 0 spiro atoms. The average molecular weight is 376 g/mol. The van der Waals surface area contributed by atoms with Gasteiger partial charge in [-0.1, -0.05) is 51.9 Å². The number of ether oxygens (including phenoxy) is 2. The topological polar surface area (TPSA) is 86.0 Å². The Balaban J connectivity index is 1.95. The molecule has 0 aliphatic rings. The highest BCUT2D eigenvalue weighted by Crippen LogP contribution is 2.34. The van der Waals surface area contributed by atoms with E-state index in [1.165, 1.54) is 45.1 Å². The molecule has 1 aromatic heterocycles. The summed E-state index contributed by atoms with van der Waals surface area (Å²) in [5, 5.41) is 10.5. The fraction of sp³-hybridized carbons (Fsp3) is 0.524. The van der Waals surface area contributed by atoms with Crippen molar-refractivity contribution < 1.29 is 23.8 Å². The van der Waals surface area contributed by atoms with Crippen molar-refractivity contribution in [1.82, 2.24) is 0 Å². The first-order valence-corrected chi connectivity index (χ1v) is 9.64. The average Bonchev–Trinajstić information content (AvgIpc) is 2.62. The van der Waals surface area contributed by atoms with Crippen LogP contribution in [0.4, 0.5) is 0 Å². The minimum absolute atomic E-state index is 0.110. The van der Waals surface area contributed by atoms with E-state index in [-0.39, 0.29) is 17.1 Å². The van der Waals surface area contributed by atoms with Gasteiger partial charge in [-0.15, -0.1) is 0 Å². The van der Waals surface area contributed by atoms with Crippen molar-refractivity contribution in [2.24, 2.45) is 0 Å². The Labute approximate surface area is 159 Å². The minimum atomic E-state index is -0.881. The lowest BCUT2D eigenvalue weighted by molar-refractivity contribution is -0.131. The Hall–Kier alpha value is -2.50. The van der Waals surface area contributed by atoms with Crippen LogP contribution in [0.3, 0.4) is 0 Å². The number of hydrogen-bond donors (Lipinski definition) is 1. The molecule has 0 fully saturated rings. The highest BCUT2D eigenvalue weighted by Gasteiger charge is 2.16. The van der Waals surface area contributed by atoms with Gasteiger partial charge in [-0.2, -0.15) is 0 Å². The molecule has 0 aliphatic heterocycles. The molecule has 0 atom stereocenters. The van der Waals surface area contributed by atoms with Crippen molar-refractivity contribution in [2.45, 2.75) is 65.2 Å². The second-order valence-corrected chi connectivity index (χ2v) is 6.64. The molecule has 1 N–H and O–H groups in total. The third-order valence-electron chi connectivity index (χ3n) is 4.31. The molecular formula is C21H28O6. The Morgan fingerprint density at radius 3 is 2.41 bits per heavy atom. The molecule has 2 aromatic rings. The highest BCUT2D eigenvalue weighted by molar-refractivity contribution is 5.87. The number of benzene rings is 1. The maximum Gasteiger partial charge on any atom is 0.382 e. The van der Waals surface area contributed by atoms with Gasteiger partial charge >= 0.3 is 11.6 Å². The van der Waals surface area contributed by atoms with Gasteiger partial charge in [-0.25, -0.2) is 4.79 Å². The highest BCUT2D eigenvalue weighted by atomic mass is 16.5. The first kappa shape index (κ1) is 20.8. The lowest BCUT2D eigenvalue weighted by atomic mass is 10.1. The van der Waals surface area contributed by atoms with Gasteiger partial charge in [-0.3, -0.25) is 4.79 Å². The smallest absolute Gasteiger partial charge is 0.382 e. The molecule has 27 heavy (non-hydrogen) atoms. The molecular weight excluding hydrogens is 348 g/mol. The SMILES string of the molecule is CCCCCCCCCCOc1c(O)c(=O)oc2cc(OC(C)=O)ccc12. The minimum Gasteiger partial charge on any atom is -0.499 e. The summed E-state index contributed by atoms with van der Waals surface area (Å²) in [6, 6.07) is 4.59. The maximum absolute atomic E-state index is 11.8. The molecule has 0 radical (unpaired) electrons. The summed E-state index contributed by atoms with van der Waals surface area (Å²) >= 11 is 0. The van der Waals surface area contributed by atoms with Crippen LogP contribution in [0.15, 0.2) is 27.4 Å². The van der Waals surface area contributed by atoms with E-state index in [9.17, 15) is 14.7 Å². The zero-order chi connectivity index (χ0) is 19.6. The number of hydrogen-bond acceptors (Lipinski definition) is 6. The van der Waals surface area contributed by atoms with Gasteiger partial charge in [0.2, 0.25) is 5.75 Å². The number of fused-ring (bicyclic) bond motifs is 1. The normalized spacial score (nSPS) is 10.9. The largest absolute Gasteiger partial charge is 0.499 e. The third-order valence-corrected chi connectivity index (χ3v) is 4.31. The summed E-state index contributed by atoms with van der Waals surface area (Å²) < 4.78 is 15.7. The molecule has 6 heteroatoms. The fourth-order valence-corrected chi connectivity index (χ4v) is 2.93. The van der Waals surface area contributed by atoms with Crippen LogP contribution >= 0.6 is 0 Å². The van der Waals surface area contributed by atoms with Gasteiger partial charge in [0.05, 0.1) is 12.0 Å². The molecule has 0 saturated heterocycles. The summed E-state index contributed by atoms with van der Waals surface area (Å²) in [4.78, 5) is 22.9. The Morgan fingerprint density at radius 1 is 1.07 bits per heavy atom. The van der Waals surface area contributed by atoms with E-state index in [0.29, 0.717) is 12.0 Å². The fourth-order valence-electron chi connectivity index (χ4n) is 2.93. The molecule has 2 rings (SSSR count). The molecule has 0 unspecified atom stereocenters. The molecule has 0 saturated carbocycles. The van der Waals surface area contributed by atoms with Crippen LogP contribution in [0.25, 0.3) is 11.0 Å². The number of carbonyl (C=O) groups excluding carboxylic acids is 1. The molecule has 0 aliphatic carbocycles. The predicted molar refractivity (Wildman–Crippen MR) is 104 cm³/mol. The van der Waals surface area contributed by atoms with Crippen molar-refractivity contribution in [2.75, 3.05) is 6.61 Å². The number of esters is 1. The van der Waals surface area contributed by atoms with Crippen molar-refractivity contribution in [3.8, 4) is 17.2 Å². The zero-order valence-electron chi connectivity index (χ0n) is 16.1. The van der Waals surface area contributed by atoms with Gasteiger partial charge in [0.15, 0.2) is 5.75 Å². The van der Waals surface area contributed by atoms with E-state index >= 15 is 0 Å². The Kier molecular flexibility index (Phi) is 8.17. The molecule has 6 nitrogen and oxygen atoms in total. The Morgan fingerprint density at radius 2 is 1.74 bits per heavy atom. The zero-order valence-corrected chi connectivity index (χ0v) is 16.1. The van der Waals surface area contributed by atoms with Gasteiger partial charge < -0.3 is 19.0 Å². The van der Waals surface area contributed by atoms with E-state index < -0.39 is 17.3 Å². The number of aromatic hydroxyl groups is 1. The van der Waals surface area contributed by atoms with Crippen LogP contribution in [0.5, 0.6) is 17.2 Å². The lowest BCUT2D eigenvalue weighted by Gasteiger charge is -2.11. The van der Waals surface area contributed by atoms with E-state index in [1.54, 1.807) is 12.1 Å². The molecule has 1 heterocycles. The molecule has 1 aromatic carbocycles. The van der Waals surface area contributed by atoms with Crippen LogP contribution in [-0.4, -0.2) is 17.7 Å². The van der Waals surface area contributed by atoms with E-state index in [1.807, 2.05) is 0 Å². The summed E-state index contributed by atoms with van der Waals surface area (Å²) in [7, 11) is 0. The Bertz CT molecular complexity index is 808. The quantitative estimate of drug-likeness (QED) is 0.259. The van der Waals surface area contributed by atoms with E-state index in [0.717, 1.165) is 19.3 Å². The van der Waals surface area contributed by atoms with Gasteiger partial charge in [0.25, 0.3) is 0 Å². The van der Waals surface area contributed by atoms with Gasteiger partial charge in [0, 0.05) is 13.0 Å². The first-order valence-electron chi connectivity index (χ1n) is 9.64. The van der Waals surface area contributed by atoms with E-state index in [4.69, 9.17) is 13.9 Å². The van der Waals surface area contributed by atoms with Crippen LogP contribution in [0.1, 0.15) is 65.2 Å². The molecule has 148 valence electrons. The van der Waals surface area contributed by atoms with Gasteiger partial charge in [0.1, 0.15) is 11.3 Å². The van der Waals surface area contributed by atoms with Crippen LogP contribution in [0.2, 0.25) is 0 Å². The molecule has 0 amide bonds. The number of unbranched alkanes of at least 4 members (excludes halogenated alkanes) is 7. The van der Waals surface area contributed by atoms with Crippen molar-refractivity contribution in [1.29, 1.82) is 0 Å².